The number of piperazine rings is 1. The van der Waals surface area contributed by atoms with Gasteiger partial charge in [-0.2, -0.15) is 9.57 Å². The number of thiazole rings is 1. The van der Waals surface area contributed by atoms with E-state index in [1.54, 1.807) is 23.5 Å². The Kier molecular flexibility index (Phi) is 5.52. The summed E-state index contributed by atoms with van der Waals surface area (Å²) in [6.45, 7) is 4.56. The van der Waals surface area contributed by atoms with Crippen LogP contribution in [-0.4, -0.2) is 48.8 Å². The number of aromatic nitrogens is 1. The van der Waals surface area contributed by atoms with Crippen molar-refractivity contribution in [2.24, 2.45) is 0 Å². The molecule has 7 nitrogen and oxygen atoms in total. The molecular weight excluding hydrogens is 408 g/mol. The molecule has 150 valence electrons. The number of rotatable bonds is 5. The van der Waals surface area contributed by atoms with E-state index >= 15 is 0 Å². The SMILES string of the molecule is Cc1ccc(-c2nc(CN3CCN(S(=O)(=O)c4ccccc4C#N)CC3)cs2)o1. The summed E-state index contributed by atoms with van der Waals surface area (Å²) in [5, 5.41) is 12.1. The van der Waals surface area contributed by atoms with Crippen molar-refractivity contribution in [1.29, 1.82) is 5.26 Å². The zero-order valence-electron chi connectivity index (χ0n) is 15.9. The highest BCUT2D eigenvalue weighted by Crippen LogP contribution is 2.26. The van der Waals surface area contributed by atoms with Gasteiger partial charge in [0.1, 0.15) is 11.8 Å². The fourth-order valence-electron chi connectivity index (χ4n) is 3.32. The molecular formula is C20H20N4O3S2. The van der Waals surface area contributed by atoms with Crippen molar-refractivity contribution in [3.63, 3.8) is 0 Å². The molecule has 0 amide bonds. The quantitative estimate of drug-likeness (QED) is 0.620. The number of hydrogen-bond acceptors (Lipinski definition) is 7. The van der Waals surface area contributed by atoms with Crippen LogP contribution in [0.15, 0.2) is 51.1 Å². The van der Waals surface area contributed by atoms with Crippen molar-refractivity contribution in [3.8, 4) is 16.8 Å². The highest BCUT2D eigenvalue weighted by molar-refractivity contribution is 7.89. The predicted octanol–water partition coefficient (Wildman–Crippen LogP) is 3.09. The Bertz CT molecular complexity index is 1150. The fourth-order valence-corrected chi connectivity index (χ4v) is 5.66. The Labute approximate surface area is 173 Å². The van der Waals surface area contributed by atoms with Crippen molar-refractivity contribution < 1.29 is 12.8 Å². The Morgan fingerprint density at radius 2 is 1.93 bits per heavy atom. The molecule has 0 saturated carbocycles. The molecule has 1 aliphatic heterocycles. The lowest BCUT2D eigenvalue weighted by molar-refractivity contribution is 0.180. The zero-order valence-corrected chi connectivity index (χ0v) is 17.5. The zero-order chi connectivity index (χ0) is 20.4. The first-order valence-electron chi connectivity index (χ1n) is 9.20. The van der Waals surface area contributed by atoms with Crippen LogP contribution in [-0.2, 0) is 16.6 Å². The van der Waals surface area contributed by atoms with Crippen LogP contribution in [0.2, 0.25) is 0 Å². The van der Waals surface area contributed by atoms with E-state index in [2.05, 4.69) is 9.88 Å². The summed E-state index contributed by atoms with van der Waals surface area (Å²) < 4.78 is 32.9. The molecule has 1 saturated heterocycles. The number of nitriles is 1. The number of benzene rings is 1. The molecule has 0 aliphatic carbocycles. The minimum absolute atomic E-state index is 0.0776. The van der Waals surface area contributed by atoms with E-state index in [4.69, 9.17) is 4.42 Å². The molecule has 0 spiro atoms. The summed E-state index contributed by atoms with van der Waals surface area (Å²) >= 11 is 1.54. The van der Waals surface area contributed by atoms with Gasteiger partial charge in [-0.3, -0.25) is 4.90 Å². The van der Waals surface area contributed by atoms with E-state index in [9.17, 15) is 13.7 Å². The molecule has 0 N–H and O–H groups in total. The van der Waals surface area contributed by atoms with Gasteiger partial charge in [0.15, 0.2) is 10.8 Å². The van der Waals surface area contributed by atoms with Crippen LogP contribution in [0.5, 0.6) is 0 Å². The van der Waals surface area contributed by atoms with Crippen LogP contribution in [0.25, 0.3) is 10.8 Å². The van der Waals surface area contributed by atoms with Crippen LogP contribution >= 0.6 is 11.3 Å². The van der Waals surface area contributed by atoms with Gasteiger partial charge in [-0.25, -0.2) is 13.4 Å². The van der Waals surface area contributed by atoms with Crippen molar-refractivity contribution in [1.82, 2.24) is 14.2 Å². The summed E-state index contributed by atoms with van der Waals surface area (Å²) in [6, 6.07) is 12.1. The highest BCUT2D eigenvalue weighted by atomic mass is 32.2. The van der Waals surface area contributed by atoms with E-state index in [1.807, 2.05) is 30.5 Å². The van der Waals surface area contributed by atoms with Crippen LogP contribution in [0.4, 0.5) is 0 Å². The smallest absolute Gasteiger partial charge is 0.244 e. The van der Waals surface area contributed by atoms with Crippen LogP contribution in [0, 0.1) is 18.3 Å². The number of hydrogen-bond donors (Lipinski definition) is 0. The maximum atomic E-state index is 12.9. The molecule has 2 aromatic heterocycles. The summed E-state index contributed by atoms with van der Waals surface area (Å²) in [6.07, 6.45) is 0. The first kappa shape index (κ1) is 19.8. The van der Waals surface area contributed by atoms with Crippen LogP contribution in [0.3, 0.4) is 0 Å². The summed E-state index contributed by atoms with van der Waals surface area (Å²) in [4.78, 5) is 6.91. The Hall–Kier alpha value is -2.51. The average Bonchev–Trinajstić information content (AvgIpc) is 3.37. The second-order valence-corrected chi connectivity index (χ2v) is 9.61. The monoisotopic (exact) mass is 428 g/mol. The normalized spacial score (nSPS) is 16.0. The number of sulfonamides is 1. The summed E-state index contributed by atoms with van der Waals surface area (Å²) in [7, 11) is -3.67. The van der Waals surface area contributed by atoms with Crippen molar-refractivity contribution in [2.75, 3.05) is 26.2 Å². The van der Waals surface area contributed by atoms with Gasteiger partial charge < -0.3 is 4.42 Å². The molecule has 0 unspecified atom stereocenters. The molecule has 0 radical (unpaired) electrons. The van der Waals surface area contributed by atoms with E-state index < -0.39 is 10.0 Å². The molecule has 0 atom stereocenters. The highest BCUT2D eigenvalue weighted by Gasteiger charge is 2.30. The maximum Gasteiger partial charge on any atom is 0.244 e. The van der Waals surface area contributed by atoms with Crippen LogP contribution in [0.1, 0.15) is 17.0 Å². The van der Waals surface area contributed by atoms with Crippen LogP contribution < -0.4 is 0 Å². The average molecular weight is 429 g/mol. The van der Waals surface area contributed by atoms with Gasteiger partial charge in [0.05, 0.1) is 16.2 Å². The lowest BCUT2D eigenvalue weighted by atomic mass is 10.2. The number of nitrogens with zero attached hydrogens (tertiary/aromatic N) is 4. The third kappa shape index (κ3) is 4.11. The van der Waals surface area contributed by atoms with Gasteiger partial charge in [0.2, 0.25) is 10.0 Å². The molecule has 29 heavy (non-hydrogen) atoms. The predicted molar refractivity (Wildman–Crippen MR) is 110 cm³/mol. The first-order valence-corrected chi connectivity index (χ1v) is 11.5. The Morgan fingerprint density at radius 3 is 2.62 bits per heavy atom. The standard InChI is InChI=1S/C20H20N4O3S2/c1-15-6-7-18(27-15)20-22-17(14-28-20)13-23-8-10-24(11-9-23)29(25,26)19-5-3-2-4-16(19)12-21/h2-7,14H,8-11,13H2,1H3. The Morgan fingerprint density at radius 1 is 1.17 bits per heavy atom. The molecule has 1 aromatic carbocycles. The minimum Gasteiger partial charge on any atom is -0.459 e. The topological polar surface area (TPSA) is 90.4 Å². The second kappa shape index (κ2) is 8.08. The third-order valence-corrected chi connectivity index (χ3v) is 7.71. The summed E-state index contributed by atoms with van der Waals surface area (Å²) in [5.74, 6) is 1.62. The third-order valence-electron chi connectivity index (χ3n) is 4.85. The molecule has 3 aromatic rings. The number of furan rings is 1. The lowest BCUT2D eigenvalue weighted by Gasteiger charge is -2.33. The molecule has 9 heteroatoms. The van der Waals surface area contributed by atoms with E-state index in [0.717, 1.165) is 22.2 Å². The molecule has 1 fully saturated rings. The molecule has 4 rings (SSSR count). The molecule has 1 aliphatic rings. The lowest BCUT2D eigenvalue weighted by Crippen LogP contribution is -2.48. The fraction of sp³-hybridized carbons (Fsp3) is 0.300. The van der Waals surface area contributed by atoms with E-state index in [-0.39, 0.29) is 10.5 Å². The number of aryl methyl sites for hydroxylation is 1. The summed E-state index contributed by atoms with van der Waals surface area (Å²) in [5.41, 5.74) is 1.13. The minimum atomic E-state index is -3.67. The van der Waals surface area contributed by atoms with Crippen molar-refractivity contribution in [2.45, 2.75) is 18.4 Å². The largest absolute Gasteiger partial charge is 0.459 e. The van der Waals surface area contributed by atoms with Gasteiger partial charge in [-0.05, 0) is 31.2 Å². The second-order valence-electron chi connectivity index (χ2n) is 6.84. The van der Waals surface area contributed by atoms with Gasteiger partial charge in [0.25, 0.3) is 0 Å². The van der Waals surface area contributed by atoms with Crippen molar-refractivity contribution in [3.05, 3.63) is 58.8 Å². The Balaban J connectivity index is 1.40. The van der Waals surface area contributed by atoms with E-state index in [1.165, 1.54) is 16.4 Å². The van der Waals surface area contributed by atoms with Gasteiger partial charge in [0, 0.05) is 38.1 Å². The van der Waals surface area contributed by atoms with Gasteiger partial charge >= 0.3 is 0 Å². The molecule has 3 heterocycles. The van der Waals surface area contributed by atoms with Crippen molar-refractivity contribution >= 4 is 21.4 Å². The maximum absolute atomic E-state index is 12.9. The van der Waals surface area contributed by atoms with Gasteiger partial charge in [-0.15, -0.1) is 11.3 Å². The van der Waals surface area contributed by atoms with Gasteiger partial charge in [-0.1, -0.05) is 12.1 Å². The van der Waals surface area contributed by atoms with E-state index in [0.29, 0.717) is 32.7 Å². The molecule has 0 bridgehead atoms. The first-order chi connectivity index (χ1) is 14.0.